The molecule has 3 nitrogen and oxygen atoms in total. The van der Waals surface area contributed by atoms with E-state index in [0.717, 1.165) is 22.7 Å². The molecule has 16 heavy (non-hydrogen) atoms. The van der Waals surface area contributed by atoms with Crippen LogP contribution < -0.4 is 4.74 Å². The first kappa shape index (κ1) is 12.2. The molecule has 0 amide bonds. The molecule has 0 aliphatic heterocycles. The van der Waals surface area contributed by atoms with Crippen molar-refractivity contribution in [3.63, 3.8) is 0 Å². The minimum Gasteiger partial charge on any atom is -0.497 e. The van der Waals surface area contributed by atoms with Crippen LogP contribution >= 0.6 is 0 Å². The smallest absolute Gasteiger partial charge is 0.119 e. The van der Waals surface area contributed by atoms with Gasteiger partial charge in [0.25, 0.3) is 0 Å². The molecule has 0 bridgehead atoms. The molecule has 0 heterocycles. The number of benzene rings is 1. The topological polar surface area (TPSA) is 34.0 Å². The zero-order chi connectivity index (χ0) is 12.0. The molecule has 1 aromatic rings. The van der Waals surface area contributed by atoms with Crippen molar-refractivity contribution in [2.45, 2.75) is 6.92 Å². The number of ether oxygens (including phenoxy) is 1. The molecule has 1 rings (SSSR count). The van der Waals surface area contributed by atoms with Gasteiger partial charge >= 0.3 is 0 Å². The first-order valence-corrected chi connectivity index (χ1v) is 5.08. The van der Waals surface area contributed by atoms with Crippen molar-refractivity contribution in [2.24, 2.45) is 9.98 Å². The van der Waals surface area contributed by atoms with Gasteiger partial charge in [-0.3, -0.25) is 9.98 Å². The van der Waals surface area contributed by atoms with Crippen LogP contribution in [0.4, 0.5) is 5.69 Å². The van der Waals surface area contributed by atoms with Crippen LogP contribution in [0.5, 0.6) is 5.75 Å². The molecular weight excluding hydrogens is 200 g/mol. The van der Waals surface area contributed by atoms with E-state index in [-0.39, 0.29) is 0 Å². The van der Waals surface area contributed by atoms with Crippen LogP contribution in [0.3, 0.4) is 0 Å². The number of allylic oxidation sites excluding steroid dienone is 1. The highest BCUT2D eigenvalue weighted by atomic mass is 16.5. The summed E-state index contributed by atoms with van der Waals surface area (Å²) in [5.74, 6) is 0.771. The molecule has 0 saturated carbocycles. The van der Waals surface area contributed by atoms with E-state index in [1.165, 1.54) is 0 Å². The van der Waals surface area contributed by atoms with Crippen molar-refractivity contribution >= 4 is 18.1 Å². The molecule has 0 N–H and O–H groups in total. The summed E-state index contributed by atoms with van der Waals surface area (Å²) in [6, 6.07) is 5.59. The Bertz CT molecular complexity index is 422. The maximum Gasteiger partial charge on any atom is 0.119 e. The van der Waals surface area contributed by atoms with Gasteiger partial charge in [0.15, 0.2) is 0 Å². The van der Waals surface area contributed by atoms with E-state index in [2.05, 4.69) is 23.3 Å². The number of rotatable bonds is 5. The van der Waals surface area contributed by atoms with Crippen LogP contribution in [0.2, 0.25) is 0 Å². The van der Waals surface area contributed by atoms with Gasteiger partial charge in [-0.15, -0.1) is 0 Å². The van der Waals surface area contributed by atoms with Gasteiger partial charge in [-0.1, -0.05) is 6.58 Å². The van der Waals surface area contributed by atoms with Gasteiger partial charge in [0.05, 0.1) is 18.5 Å². The van der Waals surface area contributed by atoms with Gasteiger partial charge in [-0.2, -0.15) is 0 Å². The van der Waals surface area contributed by atoms with E-state index in [1.807, 2.05) is 25.1 Å². The van der Waals surface area contributed by atoms with E-state index in [4.69, 9.17) is 4.74 Å². The molecule has 0 unspecified atom stereocenters. The third-order valence-corrected chi connectivity index (χ3v) is 2.17. The number of aliphatic imine (C=N–C) groups is 2. The first-order chi connectivity index (χ1) is 7.76. The predicted molar refractivity (Wildman–Crippen MR) is 69.5 cm³/mol. The van der Waals surface area contributed by atoms with Gasteiger partial charge in [0.1, 0.15) is 5.75 Å². The highest BCUT2D eigenvalue weighted by molar-refractivity contribution is 6.11. The van der Waals surface area contributed by atoms with Crippen LogP contribution in [0.1, 0.15) is 12.5 Å². The Balaban J connectivity index is 3.32. The van der Waals surface area contributed by atoms with E-state index in [1.54, 1.807) is 13.2 Å². The molecule has 0 fully saturated rings. The highest BCUT2D eigenvalue weighted by Crippen LogP contribution is 2.25. The fraction of sp³-hybridized carbons (Fsp3) is 0.231. The second kappa shape index (κ2) is 5.85. The zero-order valence-corrected chi connectivity index (χ0v) is 9.73. The van der Waals surface area contributed by atoms with Gasteiger partial charge in [0.2, 0.25) is 0 Å². The quantitative estimate of drug-likeness (QED) is 0.696. The number of hydrogen-bond donors (Lipinski definition) is 0. The monoisotopic (exact) mass is 216 g/mol. The normalized spacial score (nSPS) is 11.0. The Labute approximate surface area is 96.2 Å². The highest BCUT2D eigenvalue weighted by Gasteiger charge is 2.07. The Hall–Kier alpha value is -1.90. The van der Waals surface area contributed by atoms with Crippen molar-refractivity contribution in [2.75, 3.05) is 13.7 Å². The molecular formula is C13H16N2O. The second-order valence-electron chi connectivity index (χ2n) is 3.10. The number of nitrogens with zero attached hydrogens (tertiary/aromatic N) is 2. The summed E-state index contributed by atoms with van der Waals surface area (Å²) in [4.78, 5) is 8.32. The van der Waals surface area contributed by atoms with Crippen LogP contribution in [0.15, 0.2) is 40.8 Å². The molecule has 84 valence electrons. The van der Waals surface area contributed by atoms with E-state index >= 15 is 0 Å². The summed E-state index contributed by atoms with van der Waals surface area (Å²) in [6.45, 7) is 9.98. The molecule has 3 heteroatoms. The predicted octanol–water partition coefficient (Wildman–Crippen LogP) is 3.02. The van der Waals surface area contributed by atoms with Crippen molar-refractivity contribution < 1.29 is 4.74 Å². The largest absolute Gasteiger partial charge is 0.497 e. The lowest BCUT2D eigenvalue weighted by Crippen LogP contribution is -1.98. The average Bonchev–Trinajstić information content (AvgIpc) is 2.35. The molecule has 0 aliphatic carbocycles. The third-order valence-electron chi connectivity index (χ3n) is 2.17. The first-order valence-electron chi connectivity index (χ1n) is 5.08. The molecule has 0 atom stereocenters. The molecule has 0 aromatic heterocycles. The van der Waals surface area contributed by atoms with E-state index in [0.29, 0.717) is 6.54 Å². The van der Waals surface area contributed by atoms with Crippen molar-refractivity contribution in [3.8, 4) is 5.75 Å². The lowest BCUT2D eigenvalue weighted by molar-refractivity contribution is 0.415. The summed E-state index contributed by atoms with van der Waals surface area (Å²) in [5, 5.41) is 0. The van der Waals surface area contributed by atoms with Gasteiger partial charge < -0.3 is 4.74 Å². The fourth-order valence-corrected chi connectivity index (χ4v) is 1.42. The van der Waals surface area contributed by atoms with Gasteiger partial charge in [-0.05, 0) is 37.9 Å². The van der Waals surface area contributed by atoms with Gasteiger partial charge in [0, 0.05) is 12.1 Å². The second-order valence-corrected chi connectivity index (χ2v) is 3.10. The standard InChI is InChI=1S/C13H16N2O/c1-5-12(15-6-2)11-9-10(16-4)7-8-13(11)14-3/h5,7-9H,1,3,6H2,2,4H3. The molecule has 0 radical (unpaired) electrons. The maximum absolute atomic E-state index is 5.18. The zero-order valence-electron chi connectivity index (χ0n) is 9.73. The summed E-state index contributed by atoms with van der Waals surface area (Å²) >= 11 is 0. The Morgan fingerprint density at radius 2 is 2.25 bits per heavy atom. The molecule has 0 spiro atoms. The summed E-state index contributed by atoms with van der Waals surface area (Å²) in [6.07, 6.45) is 1.72. The number of methoxy groups -OCH3 is 1. The lowest BCUT2D eigenvalue weighted by atomic mass is 10.1. The van der Waals surface area contributed by atoms with Crippen LogP contribution in [0.25, 0.3) is 0 Å². The lowest BCUT2D eigenvalue weighted by Gasteiger charge is -2.08. The summed E-state index contributed by atoms with van der Waals surface area (Å²) in [7, 11) is 1.63. The van der Waals surface area contributed by atoms with E-state index in [9.17, 15) is 0 Å². The van der Waals surface area contributed by atoms with Crippen molar-refractivity contribution in [1.29, 1.82) is 0 Å². The Morgan fingerprint density at radius 1 is 1.50 bits per heavy atom. The molecule has 0 saturated heterocycles. The van der Waals surface area contributed by atoms with Crippen LogP contribution in [0, 0.1) is 0 Å². The Morgan fingerprint density at radius 3 is 2.75 bits per heavy atom. The third kappa shape index (κ3) is 2.57. The number of hydrogen-bond acceptors (Lipinski definition) is 3. The van der Waals surface area contributed by atoms with Crippen LogP contribution in [-0.2, 0) is 0 Å². The SMILES string of the molecule is C=CC(=NCC)c1cc(OC)ccc1N=C. The fourth-order valence-electron chi connectivity index (χ4n) is 1.42. The van der Waals surface area contributed by atoms with Crippen LogP contribution in [-0.4, -0.2) is 26.1 Å². The molecule has 0 aliphatic rings. The Kier molecular flexibility index (Phi) is 4.45. The molecule has 1 aromatic carbocycles. The van der Waals surface area contributed by atoms with E-state index < -0.39 is 0 Å². The minimum absolute atomic E-state index is 0.704. The van der Waals surface area contributed by atoms with Crippen molar-refractivity contribution in [3.05, 3.63) is 36.4 Å². The average molecular weight is 216 g/mol. The van der Waals surface area contributed by atoms with Crippen molar-refractivity contribution in [1.82, 2.24) is 0 Å². The van der Waals surface area contributed by atoms with Gasteiger partial charge in [-0.25, -0.2) is 0 Å². The maximum atomic E-state index is 5.18. The minimum atomic E-state index is 0.704. The summed E-state index contributed by atoms with van der Waals surface area (Å²) < 4.78 is 5.18. The summed E-state index contributed by atoms with van der Waals surface area (Å²) in [5.41, 5.74) is 2.49.